The van der Waals surface area contributed by atoms with E-state index in [-0.39, 0.29) is 12.2 Å². The number of hydrogen-bond acceptors (Lipinski definition) is 4. The molecule has 1 aromatic heterocycles. The number of alkyl carbamates (subject to hydrolysis) is 1. The minimum absolute atomic E-state index is 0.0188. The summed E-state index contributed by atoms with van der Waals surface area (Å²) in [4.78, 5) is 28.8. The molecule has 7 nitrogen and oxygen atoms in total. The van der Waals surface area contributed by atoms with E-state index in [2.05, 4.69) is 20.6 Å². The van der Waals surface area contributed by atoms with Crippen molar-refractivity contribution in [1.29, 1.82) is 0 Å². The molecule has 0 bridgehead atoms. The van der Waals surface area contributed by atoms with Crippen molar-refractivity contribution < 1.29 is 27.5 Å². The first-order valence-electron chi connectivity index (χ1n) is 7.36. The maximum absolute atomic E-state index is 12.8. The molecule has 1 aliphatic heterocycles. The zero-order valence-corrected chi connectivity index (χ0v) is 13.7. The Kier molecular flexibility index (Phi) is 4.77. The average molecular weight is 389 g/mol. The molecule has 2 aromatic rings. The Morgan fingerprint density at radius 3 is 2.58 bits per heavy atom. The molecule has 11 heteroatoms. The number of alkyl halides is 3. The number of rotatable bonds is 4. The molecule has 2 unspecified atom stereocenters. The van der Waals surface area contributed by atoms with Gasteiger partial charge in [0.2, 0.25) is 5.82 Å². The van der Waals surface area contributed by atoms with Gasteiger partial charge < -0.3 is 20.4 Å². The summed E-state index contributed by atoms with van der Waals surface area (Å²) in [5.74, 6) is -1.85. The molecule has 138 valence electrons. The standard InChI is InChI=1S/C15H12ClF3N4O3/c16-8-3-1-7(2-4-8)11(9-5-20-13(22-9)15(17,18)19)23-12(24)10-6-21-14(25)26-10/h1-5,10-11H,6H2,(H,20,22)(H,21,25)(H,23,24). The Balaban J connectivity index is 1.89. The first-order valence-corrected chi connectivity index (χ1v) is 7.74. The van der Waals surface area contributed by atoms with Crippen molar-refractivity contribution in [3.8, 4) is 0 Å². The van der Waals surface area contributed by atoms with Crippen molar-refractivity contribution in [2.45, 2.75) is 18.3 Å². The Morgan fingerprint density at radius 1 is 1.35 bits per heavy atom. The maximum atomic E-state index is 12.8. The number of halogens is 4. The summed E-state index contributed by atoms with van der Waals surface area (Å²) in [5, 5.41) is 5.31. The highest BCUT2D eigenvalue weighted by atomic mass is 35.5. The third-order valence-electron chi connectivity index (χ3n) is 3.64. The van der Waals surface area contributed by atoms with Crippen LogP contribution in [0.5, 0.6) is 0 Å². The minimum Gasteiger partial charge on any atom is -0.434 e. The fraction of sp³-hybridized carbons (Fsp3) is 0.267. The first-order chi connectivity index (χ1) is 12.2. The van der Waals surface area contributed by atoms with E-state index in [0.717, 1.165) is 6.20 Å². The van der Waals surface area contributed by atoms with Gasteiger partial charge in [-0.2, -0.15) is 13.2 Å². The lowest BCUT2D eigenvalue weighted by Crippen LogP contribution is -2.39. The van der Waals surface area contributed by atoms with Gasteiger partial charge in [-0.1, -0.05) is 23.7 Å². The van der Waals surface area contributed by atoms with E-state index in [9.17, 15) is 22.8 Å². The van der Waals surface area contributed by atoms with Gasteiger partial charge in [-0.25, -0.2) is 9.78 Å². The number of amides is 2. The molecule has 2 atom stereocenters. The van der Waals surface area contributed by atoms with Crippen LogP contribution in [-0.2, 0) is 15.7 Å². The molecular formula is C15H12ClF3N4O3. The molecule has 1 fully saturated rings. The largest absolute Gasteiger partial charge is 0.449 e. The Morgan fingerprint density at radius 2 is 2.04 bits per heavy atom. The zero-order valence-electron chi connectivity index (χ0n) is 12.9. The molecule has 1 aliphatic rings. The molecule has 0 aliphatic carbocycles. The smallest absolute Gasteiger partial charge is 0.434 e. The van der Waals surface area contributed by atoms with Crippen molar-refractivity contribution in [3.63, 3.8) is 0 Å². The Labute approximate surface area is 149 Å². The van der Waals surface area contributed by atoms with Crippen LogP contribution < -0.4 is 10.6 Å². The molecule has 3 N–H and O–H groups in total. The fourth-order valence-electron chi connectivity index (χ4n) is 2.39. The minimum atomic E-state index is -4.66. The van der Waals surface area contributed by atoms with Gasteiger partial charge in [-0.05, 0) is 17.7 Å². The van der Waals surface area contributed by atoms with E-state index in [4.69, 9.17) is 16.3 Å². The van der Waals surface area contributed by atoms with Gasteiger partial charge in [0.1, 0.15) is 0 Å². The van der Waals surface area contributed by atoms with E-state index in [0.29, 0.717) is 10.6 Å². The number of H-pyrrole nitrogens is 1. The normalized spacial score (nSPS) is 18.2. The van der Waals surface area contributed by atoms with Crippen LogP contribution in [0, 0.1) is 0 Å². The number of aromatic amines is 1. The summed E-state index contributed by atoms with van der Waals surface area (Å²) in [6.45, 7) is -0.0330. The van der Waals surface area contributed by atoms with Crippen molar-refractivity contribution in [2.24, 2.45) is 0 Å². The zero-order chi connectivity index (χ0) is 18.9. The molecular weight excluding hydrogens is 377 g/mol. The topological polar surface area (TPSA) is 96.1 Å². The van der Waals surface area contributed by atoms with Crippen molar-refractivity contribution >= 4 is 23.6 Å². The quantitative estimate of drug-likeness (QED) is 0.749. The number of carbonyl (C=O) groups excluding carboxylic acids is 2. The van der Waals surface area contributed by atoms with E-state index in [1.807, 2.05) is 0 Å². The van der Waals surface area contributed by atoms with Crippen LogP contribution in [0.3, 0.4) is 0 Å². The number of hydrogen-bond donors (Lipinski definition) is 3. The second-order valence-corrected chi connectivity index (χ2v) is 5.89. The molecule has 0 spiro atoms. The fourth-order valence-corrected chi connectivity index (χ4v) is 2.52. The van der Waals surface area contributed by atoms with Crippen molar-refractivity contribution in [3.05, 3.63) is 52.6 Å². The number of imidazole rings is 1. The number of cyclic esters (lactones) is 1. The number of ether oxygens (including phenoxy) is 1. The van der Waals surface area contributed by atoms with Gasteiger partial charge in [-0.3, -0.25) is 4.79 Å². The average Bonchev–Trinajstić information content (AvgIpc) is 3.22. The highest BCUT2D eigenvalue weighted by Crippen LogP contribution is 2.29. The van der Waals surface area contributed by atoms with Crippen molar-refractivity contribution in [1.82, 2.24) is 20.6 Å². The van der Waals surface area contributed by atoms with Crippen LogP contribution in [0.2, 0.25) is 5.02 Å². The van der Waals surface area contributed by atoms with E-state index in [1.54, 1.807) is 12.1 Å². The van der Waals surface area contributed by atoms with Gasteiger partial charge in [-0.15, -0.1) is 0 Å². The summed E-state index contributed by atoms with van der Waals surface area (Å²) in [7, 11) is 0. The number of aromatic nitrogens is 2. The Bertz CT molecular complexity index is 822. The number of nitrogens with one attached hydrogen (secondary N) is 3. The summed E-state index contributed by atoms with van der Waals surface area (Å²) < 4.78 is 43.2. The van der Waals surface area contributed by atoms with Gasteiger partial charge in [0.05, 0.1) is 24.5 Å². The van der Waals surface area contributed by atoms with Crippen LogP contribution in [0.15, 0.2) is 30.5 Å². The Hall–Kier alpha value is -2.75. The number of nitrogens with zero attached hydrogens (tertiary/aromatic N) is 1. The summed E-state index contributed by atoms with van der Waals surface area (Å²) >= 11 is 5.83. The van der Waals surface area contributed by atoms with E-state index < -0.39 is 36.1 Å². The lowest BCUT2D eigenvalue weighted by molar-refractivity contribution is -0.144. The monoisotopic (exact) mass is 388 g/mol. The van der Waals surface area contributed by atoms with Crippen LogP contribution in [0.1, 0.15) is 23.1 Å². The van der Waals surface area contributed by atoms with Gasteiger partial charge in [0.25, 0.3) is 5.91 Å². The second kappa shape index (κ2) is 6.87. The van der Waals surface area contributed by atoms with Crippen LogP contribution in [-0.4, -0.2) is 34.6 Å². The molecule has 1 saturated heterocycles. The molecule has 1 aromatic carbocycles. The number of carbonyl (C=O) groups is 2. The van der Waals surface area contributed by atoms with Gasteiger partial charge >= 0.3 is 12.3 Å². The van der Waals surface area contributed by atoms with E-state index in [1.165, 1.54) is 12.1 Å². The van der Waals surface area contributed by atoms with Crippen LogP contribution >= 0.6 is 11.6 Å². The summed E-state index contributed by atoms with van der Waals surface area (Å²) in [6.07, 6.45) is -5.49. The predicted molar refractivity (Wildman–Crippen MR) is 83.3 cm³/mol. The third-order valence-corrected chi connectivity index (χ3v) is 3.89. The molecule has 3 rings (SSSR count). The van der Waals surface area contributed by atoms with E-state index >= 15 is 0 Å². The van der Waals surface area contributed by atoms with Crippen molar-refractivity contribution in [2.75, 3.05) is 6.54 Å². The highest BCUT2D eigenvalue weighted by Gasteiger charge is 2.36. The van der Waals surface area contributed by atoms with Gasteiger partial charge in [0, 0.05) is 5.02 Å². The second-order valence-electron chi connectivity index (χ2n) is 5.45. The lowest BCUT2D eigenvalue weighted by Gasteiger charge is -2.19. The number of benzene rings is 1. The lowest BCUT2D eigenvalue weighted by atomic mass is 10.0. The SMILES string of the molecule is O=C1NCC(C(=O)NC(c2ccc(Cl)cc2)c2cnc(C(F)(F)F)[nH]2)O1. The molecule has 0 radical (unpaired) electrons. The third kappa shape index (κ3) is 3.90. The molecule has 26 heavy (non-hydrogen) atoms. The van der Waals surface area contributed by atoms with Crippen LogP contribution in [0.25, 0.3) is 0 Å². The highest BCUT2D eigenvalue weighted by molar-refractivity contribution is 6.30. The molecule has 2 amide bonds. The molecule has 2 heterocycles. The first kappa shape index (κ1) is 18.1. The summed E-state index contributed by atoms with van der Waals surface area (Å²) in [5.41, 5.74) is 0.489. The van der Waals surface area contributed by atoms with Gasteiger partial charge in [0.15, 0.2) is 6.10 Å². The molecule has 0 saturated carbocycles. The predicted octanol–water partition coefficient (Wildman–Crippen LogP) is 2.40. The summed E-state index contributed by atoms with van der Waals surface area (Å²) in [6, 6.07) is 5.21. The maximum Gasteiger partial charge on any atom is 0.449 e. The van der Waals surface area contributed by atoms with Crippen LogP contribution in [0.4, 0.5) is 18.0 Å².